The van der Waals surface area contributed by atoms with Crippen molar-refractivity contribution in [2.24, 2.45) is 7.05 Å². The lowest BCUT2D eigenvalue weighted by molar-refractivity contribution is 0.597. The summed E-state index contributed by atoms with van der Waals surface area (Å²) in [5.41, 5.74) is 0.997. The minimum atomic E-state index is -2.95. The Morgan fingerprint density at radius 1 is 1.56 bits per heavy atom. The fraction of sp³-hybridized carbons (Fsp3) is 0.700. The predicted molar refractivity (Wildman–Crippen MR) is 65.4 cm³/mol. The molecule has 5 nitrogen and oxygen atoms in total. The van der Waals surface area contributed by atoms with Gasteiger partial charge in [-0.1, -0.05) is 6.92 Å². The quantitative estimate of drug-likeness (QED) is 0.834. The monoisotopic (exact) mass is 245 g/mol. The third-order valence-electron chi connectivity index (χ3n) is 2.24. The van der Waals surface area contributed by atoms with Gasteiger partial charge in [-0.25, -0.2) is 8.42 Å². The highest BCUT2D eigenvalue weighted by molar-refractivity contribution is 7.90. The zero-order chi connectivity index (χ0) is 12.3. The molecule has 1 aromatic heterocycles. The molecule has 0 saturated heterocycles. The number of aryl methyl sites for hydroxylation is 2. The lowest BCUT2D eigenvalue weighted by atomic mass is 10.3. The molecule has 1 N–H and O–H groups in total. The third kappa shape index (κ3) is 3.84. The summed E-state index contributed by atoms with van der Waals surface area (Å²) < 4.78 is 24.0. The van der Waals surface area contributed by atoms with Crippen LogP contribution in [-0.2, 0) is 23.3 Å². The third-order valence-corrected chi connectivity index (χ3v) is 3.35. The van der Waals surface area contributed by atoms with Gasteiger partial charge >= 0.3 is 0 Å². The molecule has 0 radical (unpaired) electrons. The number of anilines is 1. The molecular weight excluding hydrogens is 226 g/mol. The zero-order valence-corrected chi connectivity index (χ0v) is 11.0. The summed E-state index contributed by atoms with van der Waals surface area (Å²) in [6.07, 6.45) is 2.11. The van der Waals surface area contributed by atoms with Gasteiger partial charge in [-0.3, -0.25) is 4.68 Å². The summed E-state index contributed by atoms with van der Waals surface area (Å²) in [4.78, 5) is 0. The minimum Gasteiger partial charge on any atom is -0.367 e. The molecule has 1 atom stereocenters. The second-order valence-electron chi connectivity index (χ2n) is 4.14. The first kappa shape index (κ1) is 13.0. The van der Waals surface area contributed by atoms with Crippen LogP contribution in [0.5, 0.6) is 0 Å². The van der Waals surface area contributed by atoms with Gasteiger partial charge in [-0.2, -0.15) is 5.10 Å². The van der Waals surface area contributed by atoms with E-state index in [0.29, 0.717) is 0 Å². The highest BCUT2D eigenvalue weighted by Gasteiger charge is 2.12. The molecule has 0 spiro atoms. The van der Waals surface area contributed by atoms with E-state index in [1.807, 2.05) is 27.0 Å². The van der Waals surface area contributed by atoms with Gasteiger partial charge in [0, 0.05) is 25.4 Å². The molecule has 0 aromatic carbocycles. The van der Waals surface area contributed by atoms with Crippen LogP contribution >= 0.6 is 0 Å². The standard InChI is InChI=1S/C10H19N3O2S/c1-5-9-6-10(13(3)12-9)11-8(2)7-16(4,14)15/h6,8,11H,5,7H2,1-4H3. The molecule has 92 valence electrons. The molecule has 0 amide bonds. The van der Waals surface area contributed by atoms with E-state index in [4.69, 9.17) is 0 Å². The number of hydrogen-bond donors (Lipinski definition) is 1. The molecule has 6 heteroatoms. The normalized spacial score (nSPS) is 13.8. The summed E-state index contributed by atoms with van der Waals surface area (Å²) in [5, 5.41) is 7.43. The predicted octanol–water partition coefficient (Wildman–Crippen LogP) is 0.827. The highest BCUT2D eigenvalue weighted by Crippen LogP contribution is 2.11. The van der Waals surface area contributed by atoms with Crippen LogP contribution in [0.3, 0.4) is 0 Å². The summed E-state index contributed by atoms with van der Waals surface area (Å²) >= 11 is 0. The Balaban J connectivity index is 2.69. The van der Waals surface area contributed by atoms with Crippen molar-refractivity contribution in [1.82, 2.24) is 9.78 Å². The summed E-state index contributed by atoms with van der Waals surface area (Å²) in [7, 11) is -1.11. The van der Waals surface area contributed by atoms with E-state index in [9.17, 15) is 8.42 Å². The van der Waals surface area contributed by atoms with E-state index >= 15 is 0 Å². The van der Waals surface area contributed by atoms with E-state index in [0.717, 1.165) is 17.9 Å². The molecule has 16 heavy (non-hydrogen) atoms. The lowest BCUT2D eigenvalue weighted by Crippen LogP contribution is -2.26. The molecule has 0 saturated carbocycles. The Morgan fingerprint density at radius 3 is 2.62 bits per heavy atom. The van der Waals surface area contributed by atoms with Gasteiger partial charge in [0.15, 0.2) is 0 Å². The Kier molecular flexibility index (Phi) is 3.96. The van der Waals surface area contributed by atoms with Gasteiger partial charge < -0.3 is 5.32 Å². The summed E-state index contributed by atoms with van der Waals surface area (Å²) in [6, 6.07) is 1.83. The number of aromatic nitrogens is 2. The fourth-order valence-electron chi connectivity index (χ4n) is 1.58. The number of nitrogens with zero attached hydrogens (tertiary/aromatic N) is 2. The van der Waals surface area contributed by atoms with Gasteiger partial charge in [-0.15, -0.1) is 0 Å². The van der Waals surface area contributed by atoms with Crippen LogP contribution in [0.1, 0.15) is 19.5 Å². The van der Waals surface area contributed by atoms with E-state index in [2.05, 4.69) is 10.4 Å². The lowest BCUT2D eigenvalue weighted by Gasteiger charge is -2.13. The van der Waals surface area contributed by atoms with Crippen LogP contribution in [0, 0.1) is 0 Å². The van der Waals surface area contributed by atoms with Crippen molar-refractivity contribution in [2.45, 2.75) is 26.3 Å². The van der Waals surface area contributed by atoms with Crippen molar-refractivity contribution in [2.75, 3.05) is 17.3 Å². The van der Waals surface area contributed by atoms with Crippen LogP contribution in [0.2, 0.25) is 0 Å². The molecule has 0 bridgehead atoms. The molecule has 1 rings (SSSR count). The number of nitrogens with one attached hydrogen (secondary N) is 1. The highest BCUT2D eigenvalue weighted by atomic mass is 32.2. The topological polar surface area (TPSA) is 64.0 Å². The average molecular weight is 245 g/mol. The van der Waals surface area contributed by atoms with Gasteiger partial charge in [0.25, 0.3) is 0 Å². The number of rotatable bonds is 5. The number of hydrogen-bond acceptors (Lipinski definition) is 4. The Labute approximate surface area is 96.8 Å². The zero-order valence-electron chi connectivity index (χ0n) is 10.2. The first-order valence-corrected chi connectivity index (χ1v) is 7.35. The van der Waals surface area contributed by atoms with E-state index in [-0.39, 0.29) is 11.8 Å². The maximum absolute atomic E-state index is 11.1. The second kappa shape index (κ2) is 4.86. The molecule has 0 aliphatic carbocycles. The van der Waals surface area contributed by atoms with Crippen molar-refractivity contribution in [3.05, 3.63) is 11.8 Å². The largest absolute Gasteiger partial charge is 0.367 e. The molecule has 0 aliphatic heterocycles. The molecule has 1 unspecified atom stereocenters. The van der Waals surface area contributed by atoms with Gasteiger partial charge in [0.1, 0.15) is 15.7 Å². The maximum atomic E-state index is 11.1. The van der Waals surface area contributed by atoms with Crippen molar-refractivity contribution in [1.29, 1.82) is 0 Å². The maximum Gasteiger partial charge on any atom is 0.149 e. The minimum absolute atomic E-state index is 0.116. The Bertz CT molecular complexity index is 451. The Hall–Kier alpha value is -1.04. The van der Waals surface area contributed by atoms with Crippen LogP contribution < -0.4 is 5.32 Å². The SMILES string of the molecule is CCc1cc(NC(C)CS(C)(=O)=O)n(C)n1. The molecule has 0 aliphatic rings. The van der Waals surface area contributed by atoms with Crippen LogP contribution in [0.15, 0.2) is 6.07 Å². The fourth-order valence-corrected chi connectivity index (χ4v) is 2.57. The first-order chi connectivity index (χ1) is 7.31. The Morgan fingerprint density at radius 2 is 2.19 bits per heavy atom. The van der Waals surface area contributed by atoms with E-state index < -0.39 is 9.84 Å². The smallest absolute Gasteiger partial charge is 0.149 e. The second-order valence-corrected chi connectivity index (χ2v) is 6.32. The first-order valence-electron chi connectivity index (χ1n) is 5.29. The van der Waals surface area contributed by atoms with Gasteiger partial charge in [-0.05, 0) is 13.3 Å². The van der Waals surface area contributed by atoms with Crippen molar-refractivity contribution >= 4 is 15.7 Å². The van der Waals surface area contributed by atoms with E-state index in [1.54, 1.807) is 4.68 Å². The van der Waals surface area contributed by atoms with Gasteiger partial charge in [0.05, 0.1) is 11.4 Å². The molecule has 1 aromatic rings. The summed E-state index contributed by atoms with van der Waals surface area (Å²) in [5.74, 6) is 0.979. The van der Waals surface area contributed by atoms with Crippen LogP contribution in [0.25, 0.3) is 0 Å². The molecule has 0 fully saturated rings. The molecule has 1 heterocycles. The van der Waals surface area contributed by atoms with E-state index in [1.165, 1.54) is 6.26 Å². The van der Waals surface area contributed by atoms with Crippen LogP contribution in [0.4, 0.5) is 5.82 Å². The van der Waals surface area contributed by atoms with Crippen molar-refractivity contribution < 1.29 is 8.42 Å². The molecular formula is C10H19N3O2S. The van der Waals surface area contributed by atoms with Crippen LogP contribution in [-0.4, -0.2) is 36.2 Å². The van der Waals surface area contributed by atoms with Crippen molar-refractivity contribution in [3.63, 3.8) is 0 Å². The number of sulfone groups is 1. The average Bonchev–Trinajstić information content (AvgIpc) is 2.44. The van der Waals surface area contributed by atoms with Gasteiger partial charge in [0.2, 0.25) is 0 Å². The summed E-state index contributed by atoms with van der Waals surface area (Å²) in [6.45, 7) is 3.88. The van der Waals surface area contributed by atoms with Crippen molar-refractivity contribution in [3.8, 4) is 0 Å².